The summed E-state index contributed by atoms with van der Waals surface area (Å²) < 4.78 is 3.82. The number of hydrogen-bond donors (Lipinski definition) is 1. The number of imidazole rings is 1. The molecule has 1 N–H and O–H groups in total. The molecule has 0 aliphatic heterocycles. The second kappa shape index (κ2) is 4.41. The van der Waals surface area contributed by atoms with Gasteiger partial charge >= 0.3 is 0 Å². The normalized spacial score (nSPS) is 11.4. The maximum atomic E-state index is 6.02. The summed E-state index contributed by atoms with van der Waals surface area (Å²) in [6.45, 7) is 0. The second-order valence-corrected chi connectivity index (χ2v) is 6.14. The maximum absolute atomic E-state index is 6.02. The van der Waals surface area contributed by atoms with Crippen LogP contribution in [-0.2, 0) is 0 Å². The summed E-state index contributed by atoms with van der Waals surface area (Å²) in [6, 6.07) is 11.9. The van der Waals surface area contributed by atoms with E-state index in [1.807, 2.05) is 40.4 Å². The molecule has 0 aliphatic rings. The molecule has 0 bridgehead atoms. The Morgan fingerprint density at radius 1 is 1.20 bits per heavy atom. The van der Waals surface area contributed by atoms with E-state index in [2.05, 4.69) is 16.0 Å². The fourth-order valence-corrected chi connectivity index (χ4v) is 3.52. The van der Waals surface area contributed by atoms with Crippen LogP contribution in [-0.4, -0.2) is 14.5 Å². The number of H-pyrrole nitrogens is 1. The zero-order chi connectivity index (χ0) is 13.7. The number of fused-ring (bicyclic) bond motifs is 2. The predicted octanol–water partition coefficient (Wildman–Crippen LogP) is 4.95. The molecular weight excluding hydrogens is 310 g/mol. The average Bonchev–Trinajstić information content (AvgIpc) is 3.00. The molecule has 6 heteroatoms. The van der Waals surface area contributed by atoms with E-state index in [1.54, 1.807) is 11.3 Å². The van der Waals surface area contributed by atoms with E-state index in [0.29, 0.717) is 9.79 Å². The first kappa shape index (κ1) is 12.1. The van der Waals surface area contributed by atoms with Crippen LogP contribution in [0.15, 0.2) is 41.9 Å². The van der Waals surface area contributed by atoms with E-state index in [4.69, 9.17) is 23.8 Å². The lowest BCUT2D eigenvalue weighted by Crippen LogP contribution is -1.93. The molecule has 0 spiro atoms. The van der Waals surface area contributed by atoms with Crippen LogP contribution in [0.25, 0.3) is 26.9 Å². The summed E-state index contributed by atoms with van der Waals surface area (Å²) in [4.78, 5) is 7.48. The molecular formula is C14H8ClN3S2. The lowest BCUT2D eigenvalue weighted by molar-refractivity contribution is 1.07. The highest BCUT2D eigenvalue weighted by molar-refractivity contribution is 7.71. The number of rotatable bonds is 1. The number of thiazole rings is 1. The lowest BCUT2D eigenvalue weighted by Gasteiger charge is -2.04. The number of hydrogen-bond acceptors (Lipinski definition) is 3. The first-order chi connectivity index (χ1) is 9.72. The van der Waals surface area contributed by atoms with Crippen molar-refractivity contribution < 1.29 is 0 Å². The molecule has 4 aromatic rings. The van der Waals surface area contributed by atoms with Crippen molar-refractivity contribution in [1.29, 1.82) is 0 Å². The molecule has 4 rings (SSSR count). The standard InChI is InChI=1S/C14H8ClN3S2/c15-8-1-4-12-11(5-8)17-14(19)18(12)9-2-3-10-13(6-9)20-7-16-10/h1-7H,(H,17,19). The largest absolute Gasteiger partial charge is 0.330 e. The molecule has 0 amide bonds. The number of nitrogens with zero attached hydrogens (tertiary/aromatic N) is 2. The van der Waals surface area contributed by atoms with Gasteiger partial charge in [-0.05, 0) is 48.6 Å². The lowest BCUT2D eigenvalue weighted by atomic mass is 10.2. The fourth-order valence-electron chi connectivity index (χ4n) is 2.32. The maximum Gasteiger partial charge on any atom is 0.182 e. The van der Waals surface area contributed by atoms with E-state index in [0.717, 1.165) is 26.9 Å². The number of halogens is 1. The van der Waals surface area contributed by atoms with Crippen LogP contribution in [0.1, 0.15) is 0 Å². The van der Waals surface area contributed by atoms with Gasteiger partial charge in [0.15, 0.2) is 4.77 Å². The Morgan fingerprint density at radius 2 is 2.10 bits per heavy atom. The van der Waals surface area contributed by atoms with E-state index >= 15 is 0 Å². The second-order valence-electron chi connectivity index (χ2n) is 4.43. The molecule has 2 aromatic heterocycles. The molecule has 0 fully saturated rings. The molecule has 2 aromatic carbocycles. The fraction of sp³-hybridized carbons (Fsp3) is 0. The van der Waals surface area contributed by atoms with Gasteiger partial charge in [-0.25, -0.2) is 4.98 Å². The van der Waals surface area contributed by atoms with Crippen LogP contribution in [0.5, 0.6) is 0 Å². The third-order valence-electron chi connectivity index (χ3n) is 3.22. The zero-order valence-corrected chi connectivity index (χ0v) is 12.5. The van der Waals surface area contributed by atoms with Crippen LogP contribution in [0.3, 0.4) is 0 Å². The van der Waals surface area contributed by atoms with Gasteiger partial charge in [0, 0.05) is 10.7 Å². The summed E-state index contributed by atoms with van der Waals surface area (Å²) in [5, 5.41) is 0.693. The number of nitrogens with one attached hydrogen (secondary N) is 1. The van der Waals surface area contributed by atoms with Crippen LogP contribution in [0.4, 0.5) is 0 Å². The molecule has 0 radical (unpaired) electrons. The minimum absolute atomic E-state index is 0.658. The van der Waals surface area contributed by atoms with Crippen molar-refractivity contribution in [3.05, 3.63) is 51.7 Å². The predicted molar refractivity (Wildman–Crippen MR) is 86.6 cm³/mol. The molecule has 0 unspecified atom stereocenters. The molecule has 20 heavy (non-hydrogen) atoms. The van der Waals surface area contributed by atoms with Crippen LogP contribution in [0.2, 0.25) is 5.02 Å². The van der Waals surface area contributed by atoms with Gasteiger partial charge in [-0.2, -0.15) is 0 Å². The van der Waals surface area contributed by atoms with Crippen molar-refractivity contribution in [2.75, 3.05) is 0 Å². The highest BCUT2D eigenvalue weighted by atomic mass is 35.5. The van der Waals surface area contributed by atoms with Crippen LogP contribution >= 0.6 is 35.2 Å². The third-order valence-corrected chi connectivity index (χ3v) is 4.53. The first-order valence-corrected chi connectivity index (χ1v) is 7.63. The van der Waals surface area contributed by atoms with Gasteiger partial charge in [0.1, 0.15) is 0 Å². The summed E-state index contributed by atoms with van der Waals surface area (Å²) in [5.74, 6) is 0. The van der Waals surface area contributed by atoms with Crippen molar-refractivity contribution in [3.63, 3.8) is 0 Å². The van der Waals surface area contributed by atoms with E-state index in [9.17, 15) is 0 Å². The highest BCUT2D eigenvalue weighted by Gasteiger charge is 2.08. The summed E-state index contributed by atoms with van der Waals surface area (Å²) in [6.07, 6.45) is 0. The topological polar surface area (TPSA) is 33.6 Å². The molecule has 3 nitrogen and oxygen atoms in total. The van der Waals surface area contributed by atoms with Crippen molar-refractivity contribution in [1.82, 2.24) is 14.5 Å². The van der Waals surface area contributed by atoms with E-state index < -0.39 is 0 Å². The van der Waals surface area contributed by atoms with Crippen LogP contribution in [0, 0.1) is 4.77 Å². The van der Waals surface area contributed by atoms with Gasteiger partial charge in [-0.15, -0.1) is 11.3 Å². The smallest absolute Gasteiger partial charge is 0.182 e. The minimum Gasteiger partial charge on any atom is -0.330 e. The Hall–Kier alpha value is -1.69. The Balaban J connectivity index is 2.05. The van der Waals surface area contributed by atoms with Gasteiger partial charge in [0.2, 0.25) is 0 Å². The Labute approximate surface area is 128 Å². The number of aromatic nitrogens is 3. The Kier molecular flexibility index (Phi) is 2.66. The van der Waals surface area contributed by atoms with E-state index in [-0.39, 0.29) is 0 Å². The van der Waals surface area contributed by atoms with Crippen LogP contribution < -0.4 is 0 Å². The molecule has 0 aliphatic carbocycles. The highest BCUT2D eigenvalue weighted by Crippen LogP contribution is 2.26. The van der Waals surface area contributed by atoms with Crippen molar-refractivity contribution >= 4 is 56.4 Å². The van der Waals surface area contributed by atoms with Gasteiger partial charge in [0.05, 0.1) is 26.8 Å². The van der Waals surface area contributed by atoms with Crippen molar-refractivity contribution in [2.24, 2.45) is 0 Å². The van der Waals surface area contributed by atoms with Gasteiger partial charge in [-0.3, -0.25) is 4.57 Å². The Morgan fingerprint density at radius 3 is 3.00 bits per heavy atom. The van der Waals surface area contributed by atoms with Crippen molar-refractivity contribution in [2.45, 2.75) is 0 Å². The molecule has 0 atom stereocenters. The van der Waals surface area contributed by atoms with Crippen molar-refractivity contribution in [3.8, 4) is 5.69 Å². The van der Waals surface area contributed by atoms with E-state index in [1.165, 1.54) is 0 Å². The molecule has 98 valence electrons. The first-order valence-electron chi connectivity index (χ1n) is 5.96. The molecule has 0 saturated carbocycles. The van der Waals surface area contributed by atoms with Gasteiger partial charge < -0.3 is 4.98 Å². The van der Waals surface area contributed by atoms with Gasteiger partial charge in [0.25, 0.3) is 0 Å². The quantitative estimate of drug-likeness (QED) is 0.504. The summed E-state index contributed by atoms with van der Waals surface area (Å²) in [7, 11) is 0. The Bertz CT molecular complexity index is 996. The summed E-state index contributed by atoms with van der Waals surface area (Å²) in [5.41, 5.74) is 5.84. The van der Waals surface area contributed by atoms with Gasteiger partial charge in [-0.1, -0.05) is 11.6 Å². The average molecular weight is 318 g/mol. The third kappa shape index (κ3) is 1.78. The SMILES string of the molecule is S=c1[nH]c2cc(Cl)ccc2n1-c1ccc2ncsc2c1. The zero-order valence-electron chi connectivity index (χ0n) is 10.1. The minimum atomic E-state index is 0.658. The monoisotopic (exact) mass is 317 g/mol. The molecule has 2 heterocycles. The molecule has 0 saturated heterocycles. The summed E-state index contributed by atoms with van der Waals surface area (Å²) >= 11 is 13.1. The number of aromatic amines is 1. The number of benzene rings is 2.